The minimum absolute atomic E-state index is 0.174. The fourth-order valence-corrected chi connectivity index (χ4v) is 1.34. The van der Waals surface area contributed by atoms with Gasteiger partial charge in [0.05, 0.1) is 10.5 Å². The molecular formula is C10H11NO6. The van der Waals surface area contributed by atoms with E-state index in [9.17, 15) is 25.1 Å². The average molecular weight is 241 g/mol. The van der Waals surface area contributed by atoms with Crippen LogP contribution in [-0.2, 0) is 4.79 Å². The highest BCUT2D eigenvalue weighted by molar-refractivity contribution is 5.84. The van der Waals surface area contributed by atoms with Crippen LogP contribution in [0.3, 0.4) is 0 Å². The molecule has 1 rings (SSSR count). The summed E-state index contributed by atoms with van der Waals surface area (Å²) in [5, 5.41) is 38.2. The highest BCUT2D eigenvalue weighted by atomic mass is 16.6. The van der Waals surface area contributed by atoms with E-state index in [2.05, 4.69) is 0 Å². The first-order valence-electron chi connectivity index (χ1n) is 4.72. The van der Waals surface area contributed by atoms with Crippen molar-refractivity contribution in [3.05, 3.63) is 39.9 Å². The first-order valence-corrected chi connectivity index (χ1v) is 4.72. The number of nitrogens with zero attached hydrogens (tertiary/aromatic N) is 1. The van der Waals surface area contributed by atoms with Crippen molar-refractivity contribution in [2.75, 3.05) is 6.61 Å². The third kappa shape index (κ3) is 2.84. The Bertz CT molecular complexity index is 433. The molecule has 17 heavy (non-hydrogen) atoms. The van der Waals surface area contributed by atoms with Gasteiger partial charge in [0, 0.05) is 6.07 Å². The number of aliphatic hydroxyl groups excluding tert-OH is 3. The number of benzene rings is 1. The molecule has 7 heteroatoms. The molecule has 0 aliphatic heterocycles. The Morgan fingerprint density at radius 2 is 1.94 bits per heavy atom. The lowest BCUT2D eigenvalue weighted by molar-refractivity contribution is -0.386. The number of carbonyl (C=O) groups excluding carboxylic acids is 1. The van der Waals surface area contributed by atoms with E-state index in [-0.39, 0.29) is 5.56 Å². The van der Waals surface area contributed by atoms with Gasteiger partial charge in [0.15, 0.2) is 5.78 Å². The summed E-state index contributed by atoms with van der Waals surface area (Å²) in [5.74, 6) is -1.00. The monoisotopic (exact) mass is 241 g/mol. The quantitative estimate of drug-likeness (QED) is 0.474. The second-order valence-corrected chi connectivity index (χ2v) is 3.33. The van der Waals surface area contributed by atoms with E-state index in [4.69, 9.17) is 5.11 Å². The fraction of sp³-hybridized carbons (Fsp3) is 0.300. The molecule has 3 N–H and O–H groups in total. The zero-order valence-electron chi connectivity index (χ0n) is 8.68. The second kappa shape index (κ2) is 5.48. The number of carbonyl (C=O) groups is 1. The molecule has 0 unspecified atom stereocenters. The molecular weight excluding hydrogens is 230 g/mol. The molecule has 92 valence electrons. The molecule has 7 nitrogen and oxygen atoms in total. The molecule has 1 aromatic carbocycles. The van der Waals surface area contributed by atoms with Crippen LogP contribution < -0.4 is 0 Å². The number of Topliss-reactive ketones (excluding diaryl/α,β-unsaturated/α-hetero) is 1. The highest BCUT2D eigenvalue weighted by Crippen LogP contribution is 2.27. The number of para-hydroxylation sites is 1. The molecule has 0 heterocycles. The van der Waals surface area contributed by atoms with Gasteiger partial charge in [-0.25, -0.2) is 0 Å². The largest absolute Gasteiger partial charge is 0.388 e. The van der Waals surface area contributed by atoms with Crippen LogP contribution in [0.2, 0.25) is 0 Å². The molecule has 0 aliphatic carbocycles. The van der Waals surface area contributed by atoms with E-state index in [0.29, 0.717) is 0 Å². The van der Waals surface area contributed by atoms with Crippen LogP contribution in [0.15, 0.2) is 24.3 Å². The van der Waals surface area contributed by atoms with Gasteiger partial charge in [0.1, 0.15) is 18.8 Å². The van der Waals surface area contributed by atoms with Gasteiger partial charge >= 0.3 is 0 Å². The van der Waals surface area contributed by atoms with Gasteiger partial charge in [-0.3, -0.25) is 14.9 Å². The van der Waals surface area contributed by atoms with Crippen molar-refractivity contribution in [2.45, 2.75) is 12.2 Å². The van der Waals surface area contributed by atoms with Gasteiger partial charge in [-0.1, -0.05) is 12.1 Å². The van der Waals surface area contributed by atoms with Gasteiger partial charge < -0.3 is 15.3 Å². The molecule has 0 amide bonds. The Morgan fingerprint density at radius 3 is 2.47 bits per heavy atom. The lowest BCUT2D eigenvalue weighted by Gasteiger charge is -2.15. The molecule has 0 aromatic heterocycles. The maximum Gasteiger partial charge on any atom is 0.275 e. The SMILES string of the molecule is O=C(CO)[C@H](O)[C@H](O)c1ccccc1[N+](=O)[O-]. The molecule has 0 saturated carbocycles. The van der Waals surface area contributed by atoms with Crippen molar-refractivity contribution in [1.29, 1.82) is 0 Å². The van der Waals surface area contributed by atoms with Crippen molar-refractivity contribution in [2.24, 2.45) is 0 Å². The third-order valence-corrected chi connectivity index (χ3v) is 2.24. The predicted octanol–water partition coefficient (Wildman–Crippen LogP) is -0.450. The van der Waals surface area contributed by atoms with E-state index in [1.54, 1.807) is 0 Å². The number of nitro benzene ring substituents is 1. The van der Waals surface area contributed by atoms with Crippen LogP contribution in [0.5, 0.6) is 0 Å². The lowest BCUT2D eigenvalue weighted by atomic mass is 10.00. The maximum atomic E-state index is 11.0. The number of nitro groups is 1. The van der Waals surface area contributed by atoms with Crippen molar-refractivity contribution in [1.82, 2.24) is 0 Å². The summed E-state index contributed by atoms with van der Waals surface area (Å²) in [6.07, 6.45) is -3.63. The molecule has 0 spiro atoms. The summed E-state index contributed by atoms with van der Waals surface area (Å²) in [4.78, 5) is 20.9. The standard InChI is InChI=1S/C10H11NO6/c12-5-8(13)10(15)9(14)6-3-1-2-4-7(6)11(16)17/h1-4,9-10,12,14-15H,5H2/t9-,10+/m1/s1. The second-order valence-electron chi connectivity index (χ2n) is 3.33. The number of hydrogen-bond donors (Lipinski definition) is 3. The van der Waals surface area contributed by atoms with Crippen molar-refractivity contribution < 1.29 is 25.0 Å². The Morgan fingerprint density at radius 1 is 1.35 bits per heavy atom. The van der Waals surface area contributed by atoms with Crippen molar-refractivity contribution in [3.63, 3.8) is 0 Å². The van der Waals surface area contributed by atoms with Gasteiger partial charge in [-0.05, 0) is 6.07 Å². The molecule has 0 radical (unpaired) electrons. The van der Waals surface area contributed by atoms with Crippen molar-refractivity contribution >= 4 is 11.5 Å². The van der Waals surface area contributed by atoms with Crippen LogP contribution in [0.4, 0.5) is 5.69 Å². The smallest absolute Gasteiger partial charge is 0.275 e. The molecule has 0 bridgehead atoms. The van der Waals surface area contributed by atoms with E-state index in [0.717, 1.165) is 6.07 Å². The van der Waals surface area contributed by atoms with Crippen LogP contribution >= 0.6 is 0 Å². The molecule has 0 saturated heterocycles. The number of aliphatic hydroxyl groups is 3. The van der Waals surface area contributed by atoms with Crippen LogP contribution in [0, 0.1) is 10.1 Å². The zero-order valence-corrected chi connectivity index (χ0v) is 8.68. The molecule has 0 aliphatic rings. The maximum absolute atomic E-state index is 11.0. The van der Waals surface area contributed by atoms with E-state index in [1.165, 1.54) is 18.2 Å². The summed E-state index contributed by atoms with van der Waals surface area (Å²) >= 11 is 0. The Hall–Kier alpha value is -1.83. The number of rotatable bonds is 5. The summed E-state index contributed by atoms with van der Waals surface area (Å²) in [5.41, 5.74) is -0.573. The Kier molecular flexibility index (Phi) is 4.27. The minimum Gasteiger partial charge on any atom is -0.388 e. The molecule has 1 aromatic rings. The van der Waals surface area contributed by atoms with Crippen LogP contribution in [0.25, 0.3) is 0 Å². The van der Waals surface area contributed by atoms with E-state index >= 15 is 0 Å². The van der Waals surface area contributed by atoms with Gasteiger partial charge in [-0.15, -0.1) is 0 Å². The van der Waals surface area contributed by atoms with Crippen LogP contribution in [0.1, 0.15) is 11.7 Å². The summed E-state index contributed by atoms with van der Waals surface area (Å²) < 4.78 is 0. The highest BCUT2D eigenvalue weighted by Gasteiger charge is 2.29. The van der Waals surface area contributed by atoms with Crippen molar-refractivity contribution in [3.8, 4) is 0 Å². The molecule has 0 fully saturated rings. The first-order chi connectivity index (χ1) is 7.99. The normalized spacial score (nSPS) is 14.1. The topological polar surface area (TPSA) is 121 Å². The van der Waals surface area contributed by atoms with Gasteiger partial charge in [-0.2, -0.15) is 0 Å². The summed E-state index contributed by atoms with van der Waals surface area (Å²) in [6, 6.07) is 5.21. The minimum atomic E-state index is -1.89. The average Bonchev–Trinajstić information content (AvgIpc) is 2.35. The Labute approximate surface area is 96.1 Å². The summed E-state index contributed by atoms with van der Waals surface area (Å²) in [6.45, 7) is -0.946. The van der Waals surface area contributed by atoms with Crippen LogP contribution in [-0.4, -0.2) is 38.7 Å². The third-order valence-electron chi connectivity index (χ3n) is 2.24. The first kappa shape index (κ1) is 13.2. The van der Waals surface area contributed by atoms with E-state index < -0.39 is 35.2 Å². The molecule has 2 atom stereocenters. The lowest BCUT2D eigenvalue weighted by Crippen LogP contribution is -2.30. The van der Waals surface area contributed by atoms with Gasteiger partial charge in [0.25, 0.3) is 5.69 Å². The zero-order chi connectivity index (χ0) is 13.0. The fourth-order valence-electron chi connectivity index (χ4n) is 1.34. The predicted molar refractivity (Wildman–Crippen MR) is 56.2 cm³/mol. The summed E-state index contributed by atoms with van der Waals surface area (Å²) in [7, 11) is 0. The number of ketones is 1. The Balaban J connectivity index is 3.07. The van der Waals surface area contributed by atoms with Gasteiger partial charge in [0.2, 0.25) is 0 Å². The number of hydrogen-bond acceptors (Lipinski definition) is 6. The van der Waals surface area contributed by atoms with E-state index in [1.807, 2.05) is 0 Å².